The van der Waals surface area contributed by atoms with E-state index >= 15 is 0 Å². The number of aromatic amines is 1. The van der Waals surface area contributed by atoms with Crippen molar-refractivity contribution in [2.75, 3.05) is 47.6 Å². The summed E-state index contributed by atoms with van der Waals surface area (Å²) in [5, 5.41) is 0.958. The summed E-state index contributed by atoms with van der Waals surface area (Å²) in [6.07, 6.45) is 2.85. The third-order valence-electron chi connectivity index (χ3n) is 3.45. The zero-order valence-electron chi connectivity index (χ0n) is 13.9. The summed E-state index contributed by atoms with van der Waals surface area (Å²) in [4.78, 5) is 17.3. The number of likely N-dealkylation sites (N-methyl/N-ethyl adjacent to an activating group) is 1. The summed E-state index contributed by atoms with van der Waals surface area (Å²) >= 11 is 0. The molecule has 0 spiro atoms. The maximum atomic E-state index is 11.9. The third kappa shape index (κ3) is 5.06. The summed E-state index contributed by atoms with van der Waals surface area (Å²) in [7, 11) is 5.66. The van der Waals surface area contributed by atoms with Crippen molar-refractivity contribution >= 4 is 16.9 Å². The molecule has 0 aliphatic carbocycles. The van der Waals surface area contributed by atoms with Gasteiger partial charge in [0.15, 0.2) is 0 Å². The zero-order valence-corrected chi connectivity index (χ0v) is 13.9. The van der Waals surface area contributed by atoms with Crippen LogP contribution in [0.5, 0.6) is 5.75 Å². The van der Waals surface area contributed by atoms with Gasteiger partial charge in [-0.05, 0) is 38.2 Å². The number of H-pyrrole nitrogens is 1. The van der Waals surface area contributed by atoms with E-state index in [4.69, 9.17) is 14.2 Å². The lowest BCUT2D eigenvalue weighted by Gasteiger charge is -2.10. The van der Waals surface area contributed by atoms with Gasteiger partial charge in [-0.15, -0.1) is 0 Å². The fourth-order valence-electron chi connectivity index (χ4n) is 2.30. The Morgan fingerprint density at radius 2 is 2.09 bits per heavy atom. The number of nitrogens with one attached hydrogen (secondary N) is 1. The minimum absolute atomic E-state index is 0.0861. The minimum atomic E-state index is -0.409. The number of rotatable bonds is 9. The molecule has 6 heteroatoms. The second-order valence-corrected chi connectivity index (χ2v) is 5.57. The predicted molar refractivity (Wildman–Crippen MR) is 88.9 cm³/mol. The number of nitrogens with zero attached hydrogens (tertiary/aromatic N) is 1. The Balaban J connectivity index is 2.07. The summed E-state index contributed by atoms with van der Waals surface area (Å²) < 4.78 is 15.5. The zero-order chi connectivity index (χ0) is 16.7. The van der Waals surface area contributed by atoms with Crippen LogP contribution in [0.25, 0.3) is 10.9 Å². The number of carbonyl (C=O) groups is 1. The Labute approximate surface area is 136 Å². The number of benzene rings is 1. The molecule has 0 aliphatic rings. The molecular weight excluding hydrogens is 296 g/mol. The van der Waals surface area contributed by atoms with E-state index < -0.39 is 5.97 Å². The quantitative estimate of drug-likeness (QED) is 0.434. The topological polar surface area (TPSA) is 63.8 Å². The minimum Gasteiger partial charge on any atom is -0.424 e. The van der Waals surface area contributed by atoms with Crippen molar-refractivity contribution < 1.29 is 19.0 Å². The maximum Gasteiger partial charge on any atom is 0.337 e. The molecule has 1 N–H and O–H groups in total. The molecule has 126 valence electrons. The van der Waals surface area contributed by atoms with E-state index in [1.54, 1.807) is 7.11 Å². The first-order valence-corrected chi connectivity index (χ1v) is 7.63. The van der Waals surface area contributed by atoms with E-state index in [9.17, 15) is 4.79 Å². The number of aromatic nitrogens is 1. The molecule has 0 fully saturated rings. The molecule has 1 aromatic heterocycles. The Kier molecular flexibility index (Phi) is 6.58. The molecule has 1 heterocycles. The molecule has 23 heavy (non-hydrogen) atoms. The normalized spacial score (nSPS) is 11.3. The summed E-state index contributed by atoms with van der Waals surface area (Å²) in [5.74, 6) is 0.159. The van der Waals surface area contributed by atoms with Gasteiger partial charge in [0.25, 0.3) is 0 Å². The molecule has 1 aromatic carbocycles. The molecule has 0 radical (unpaired) electrons. The Hall–Kier alpha value is -1.89. The van der Waals surface area contributed by atoms with E-state index in [1.165, 1.54) is 0 Å². The van der Waals surface area contributed by atoms with E-state index in [-0.39, 0.29) is 6.61 Å². The monoisotopic (exact) mass is 320 g/mol. The van der Waals surface area contributed by atoms with Crippen LogP contribution in [0, 0.1) is 0 Å². The van der Waals surface area contributed by atoms with Crippen LogP contribution in [0.4, 0.5) is 0 Å². The first kappa shape index (κ1) is 17.5. The van der Waals surface area contributed by atoms with Crippen molar-refractivity contribution in [3.8, 4) is 5.75 Å². The van der Waals surface area contributed by atoms with Crippen LogP contribution in [-0.4, -0.2) is 63.4 Å². The molecule has 2 rings (SSSR count). The van der Waals surface area contributed by atoms with Crippen LogP contribution in [0.3, 0.4) is 0 Å². The number of hydrogen-bond donors (Lipinski definition) is 1. The summed E-state index contributed by atoms with van der Waals surface area (Å²) in [6.45, 7) is 1.66. The molecule has 0 unspecified atom stereocenters. The van der Waals surface area contributed by atoms with Crippen molar-refractivity contribution in [1.82, 2.24) is 9.88 Å². The maximum absolute atomic E-state index is 11.9. The molecule has 0 amide bonds. The van der Waals surface area contributed by atoms with Crippen LogP contribution in [0.1, 0.15) is 5.56 Å². The highest BCUT2D eigenvalue weighted by Crippen LogP contribution is 2.29. The highest BCUT2D eigenvalue weighted by Gasteiger charge is 2.13. The van der Waals surface area contributed by atoms with Gasteiger partial charge >= 0.3 is 5.97 Å². The molecule has 2 aromatic rings. The average molecular weight is 320 g/mol. The van der Waals surface area contributed by atoms with Crippen LogP contribution in [0.2, 0.25) is 0 Å². The van der Waals surface area contributed by atoms with Crippen molar-refractivity contribution in [1.29, 1.82) is 0 Å². The number of esters is 1. The van der Waals surface area contributed by atoms with Gasteiger partial charge in [0.1, 0.15) is 12.4 Å². The number of carbonyl (C=O) groups excluding carboxylic acids is 1. The standard InChI is InChI=1S/C17H24N2O4/c1-19(2)8-7-13-11-18-14-5-4-6-15(17(13)14)23-16(20)12-22-10-9-21-3/h4-6,11,18H,7-10,12H2,1-3H3. The SMILES string of the molecule is COCCOCC(=O)Oc1cccc2[nH]cc(CCN(C)C)c12. The van der Waals surface area contributed by atoms with Gasteiger partial charge in [-0.1, -0.05) is 6.07 Å². The predicted octanol–water partition coefficient (Wildman–Crippen LogP) is 1.84. The molecule has 0 saturated carbocycles. The van der Waals surface area contributed by atoms with Crippen LogP contribution in [0.15, 0.2) is 24.4 Å². The molecule has 0 atom stereocenters. The lowest BCUT2D eigenvalue weighted by atomic mass is 10.1. The number of methoxy groups -OCH3 is 1. The largest absolute Gasteiger partial charge is 0.424 e. The molecule has 0 saturated heterocycles. The molecular formula is C17H24N2O4. The fraction of sp³-hybridized carbons (Fsp3) is 0.471. The van der Waals surface area contributed by atoms with Crippen molar-refractivity contribution in [3.05, 3.63) is 30.0 Å². The first-order valence-electron chi connectivity index (χ1n) is 7.63. The second-order valence-electron chi connectivity index (χ2n) is 5.57. The van der Waals surface area contributed by atoms with Crippen molar-refractivity contribution in [3.63, 3.8) is 0 Å². The molecule has 0 aliphatic heterocycles. The van der Waals surface area contributed by atoms with Gasteiger partial charge < -0.3 is 24.1 Å². The Morgan fingerprint density at radius 3 is 2.83 bits per heavy atom. The first-order chi connectivity index (χ1) is 11.1. The highest BCUT2D eigenvalue weighted by atomic mass is 16.6. The number of ether oxygens (including phenoxy) is 3. The van der Waals surface area contributed by atoms with Crippen LogP contribution < -0.4 is 4.74 Å². The van der Waals surface area contributed by atoms with Gasteiger partial charge in [0, 0.05) is 30.8 Å². The average Bonchev–Trinajstić information content (AvgIpc) is 2.94. The number of hydrogen-bond acceptors (Lipinski definition) is 5. The van der Waals surface area contributed by atoms with Gasteiger partial charge in [-0.2, -0.15) is 0 Å². The van der Waals surface area contributed by atoms with Crippen molar-refractivity contribution in [2.24, 2.45) is 0 Å². The van der Waals surface area contributed by atoms with Crippen LogP contribution >= 0.6 is 0 Å². The fourth-order valence-corrected chi connectivity index (χ4v) is 2.30. The van der Waals surface area contributed by atoms with E-state index in [0.717, 1.165) is 29.4 Å². The second kappa shape index (κ2) is 8.67. The van der Waals surface area contributed by atoms with Gasteiger partial charge in [0.05, 0.1) is 13.2 Å². The number of fused-ring (bicyclic) bond motifs is 1. The highest BCUT2D eigenvalue weighted by molar-refractivity contribution is 5.91. The Morgan fingerprint density at radius 1 is 1.26 bits per heavy atom. The lowest BCUT2D eigenvalue weighted by molar-refractivity contribution is -0.139. The van der Waals surface area contributed by atoms with Gasteiger partial charge in [0.2, 0.25) is 0 Å². The van der Waals surface area contributed by atoms with E-state index in [2.05, 4.69) is 9.88 Å². The van der Waals surface area contributed by atoms with Gasteiger partial charge in [-0.3, -0.25) is 0 Å². The van der Waals surface area contributed by atoms with Gasteiger partial charge in [-0.25, -0.2) is 4.79 Å². The van der Waals surface area contributed by atoms with E-state index in [0.29, 0.717) is 19.0 Å². The third-order valence-corrected chi connectivity index (χ3v) is 3.45. The van der Waals surface area contributed by atoms with Crippen molar-refractivity contribution in [2.45, 2.75) is 6.42 Å². The smallest absolute Gasteiger partial charge is 0.337 e. The Bertz CT molecular complexity index is 637. The lowest BCUT2D eigenvalue weighted by Crippen LogP contribution is -2.17. The van der Waals surface area contributed by atoms with E-state index in [1.807, 2.05) is 38.5 Å². The molecule has 0 bridgehead atoms. The summed E-state index contributed by atoms with van der Waals surface area (Å²) in [6, 6.07) is 5.65. The van der Waals surface area contributed by atoms with Crippen LogP contribution in [-0.2, 0) is 20.7 Å². The molecule has 6 nitrogen and oxygen atoms in total. The summed E-state index contributed by atoms with van der Waals surface area (Å²) in [5.41, 5.74) is 2.10.